The van der Waals surface area contributed by atoms with Crippen LogP contribution < -0.4 is 10.9 Å². The molecule has 1 atom stereocenters. The predicted molar refractivity (Wildman–Crippen MR) is 135 cm³/mol. The first-order valence-corrected chi connectivity index (χ1v) is 11.8. The first-order valence-electron chi connectivity index (χ1n) is 10.6. The fourth-order valence-corrected chi connectivity index (χ4v) is 5.03. The number of ether oxygens (including phenoxy) is 1. The zero-order valence-corrected chi connectivity index (χ0v) is 21.3. The molecule has 1 unspecified atom stereocenters. The minimum atomic E-state index is -0.600. The topological polar surface area (TPSA) is 99.0 Å². The Hall–Kier alpha value is -3.30. The van der Waals surface area contributed by atoms with Gasteiger partial charge in [0.1, 0.15) is 5.15 Å². The van der Waals surface area contributed by atoms with Gasteiger partial charge in [-0.05, 0) is 51.5 Å². The molecule has 0 fully saturated rings. The number of hydrogen-bond donors (Lipinski definition) is 1. The number of esters is 1. The van der Waals surface area contributed by atoms with Crippen molar-refractivity contribution < 1.29 is 9.53 Å². The molecule has 0 spiro atoms. The van der Waals surface area contributed by atoms with Crippen molar-refractivity contribution in [3.63, 3.8) is 0 Å². The molecule has 0 aliphatic heterocycles. The Morgan fingerprint density at radius 2 is 1.91 bits per heavy atom. The summed E-state index contributed by atoms with van der Waals surface area (Å²) in [6.45, 7) is 7.71. The van der Waals surface area contributed by atoms with Gasteiger partial charge in [0.2, 0.25) is 0 Å². The highest BCUT2D eigenvalue weighted by Crippen LogP contribution is 2.32. The molecule has 0 saturated heterocycles. The summed E-state index contributed by atoms with van der Waals surface area (Å²) in [6.07, 6.45) is 0. The lowest BCUT2D eigenvalue weighted by Crippen LogP contribution is -2.22. The first kappa shape index (κ1) is 23.8. The van der Waals surface area contributed by atoms with E-state index in [9.17, 15) is 9.59 Å². The second-order valence-electron chi connectivity index (χ2n) is 8.09. The summed E-state index contributed by atoms with van der Waals surface area (Å²) < 4.78 is 6.43. The quantitative estimate of drug-likeness (QED) is 0.306. The van der Waals surface area contributed by atoms with E-state index >= 15 is 0 Å². The summed E-state index contributed by atoms with van der Waals surface area (Å²) in [6, 6.07) is 6.79. The number of nitrogens with one attached hydrogen (secondary N) is 1. The van der Waals surface area contributed by atoms with Gasteiger partial charge in [-0.1, -0.05) is 17.7 Å². The van der Waals surface area contributed by atoms with Gasteiger partial charge in [0, 0.05) is 12.6 Å². The molecule has 4 rings (SSSR count). The molecule has 0 aliphatic carbocycles. The highest BCUT2D eigenvalue weighted by atomic mass is 35.5. The second-order valence-corrected chi connectivity index (χ2v) is 9.68. The van der Waals surface area contributed by atoms with Crippen LogP contribution in [-0.2, 0) is 11.8 Å². The molecule has 8 nitrogen and oxygen atoms in total. The van der Waals surface area contributed by atoms with Crippen LogP contribution in [0.25, 0.3) is 21.6 Å². The highest BCUT2D eigenvalue weighted by Gasteiger charge is 2.21. The zero-order chi connectivity index (χ0) is 24.7. The fraction of sp³-hybridized carbons (Fsp3) is 0.292. The number of carbonyl (C=O) groups is 1. The Bertz CT molecular complexity index is 1490. The Kier molecular flexibility index (Phi) is 6.42. The predicted octanol–water partition coefficient (Wildman–Crippen LogP) is 4.99. The van der Waals surface area contributed by atoms with Crippen LogP contribution in [0.2, 0.25) is 5.15 Å². The van der Waals surface area contributed by atoms with E-state index in [1.54, 1.807) is 23.7 Å². The van der Waals surface area contributed by atoms with E-state index in [-0.39, 0.29) is 22.4 Å². The average Bonchev–Trinajstić information content (AvgIpc) is 3.14. The van der Waals surface area contributed by atoms with Gasteiger partial charge in [-0.15, -0.1) is 11.3 Å². The van der Waals surface area contributed by atoms with Gasteiger partial charge >= 0.3 is 5.97 Å². The number of fused-ring (bicyclic) bond motifs is 1. The number of halogens is 1. The summed E-state index contributed by atoms with van der Waals surface area (Å²) in [7, 11) is 3.01. The molecule has 4 aromatic rings. The molecule has 176 valence electrons. The number of aromatic nitrogens is 4. The number of thiazole rings is 1. The normalized spacial score (nSPS) is 12.1. The first-order chi connectivity index (χ1) is 16.1. The third kappa shape index (κ3) is 4.28. The number of nitrogens with zero attached hydrogens (tertiary/aromatic N) is 4. The van der Waals surface area contributed by atoms with Crippen molar-refractivity contribution in [3.05, 3.63) is 67.3 Å². The maximum Gasteiger partial charge on any atom is 0.358 e. The van der Waals surface area contributed by atoms with Crippen LogP contribution in [0, 0.1) is 20.8 Å². The van der Waals surface area contributed by atoms with Crippen LogP contribution in [0.3, 0.4) is 0 Å². The van der Waals surface area contributed by atoms with Crippen molar-refractivity contribution in [1.82, 2.24) is 19.5 Å². The summed E-state index contributed by atoms with van der Waals surface area (Å²) >= 11 is 7.50. The number of rotatable bonds is 5. The number of benzene rings is 1. The van der Waals surface area contributed by atoms with Gasteiger partial charge in [-0.3, -0.25) is 9.36 Å². The van der Waals surface area contributed by atoms with Crippen molar-refractivity contribution >= 4 is 45.5 Å². The standard InChI is InChI=1S/C24H24ClN5O3S/c1-11-9-15(12(2)27-17-7-8-18(25)28-20(17)24(32)33-6)19-16(10-11)23(31)30(5)22(29-19)21-13(3)26-14(4)34-21/h7-10,12,27H,1-6H3. The Morgan fingerprint density at radius 3 is 2.56 bits per heavy atom. The zero-order valence-electron chi connectivity index (χ0n) is 19.7. The number of aryl methyl sites for hydroxylation is 3. The van der Waals surface area contributed by atoms with E-state index < -0.39 is 5.97 Å². The second kappa shape index (κ2) is 9.15. The summed E-state index contributed by atoms with van der Waals surface area (Å²) in [5, 5.41) is 4.93. The van der Waals surface area contributed by atoms with Gasteiger partial charge in [-0.2, -0.15) is 0 Å². The lowest BCUT2D eigenvalue weighted by atomic mass is 10.0. The summed E-state index contributed by atoms with van der Waals surface area (Å²) in [4.78, 5) is 40.0. The monoisotopic (exact) mass is 497 g/mol. The number of pyridine rings is 1. The lowest BCUT2D eigenvalue weighted by molar-refractivity contribution is 0.0595. The molecular formula is C24H24ClN5O3S. The Labute approximate surface area is 205 Å². The molecule has 1 N–H and O–H groups in total. The molecule has 0 radical (unpaired) electrons. The van der Waals surface area contributed by atoms with Gasteiger partial charge in [-0.25, -0.2) is 19.7 Å². The van der Waals surface area contributed by atoms with E-state index in [0.29, 0.717) is 22.4 Å². The van der Waals surface area contributed by atoms with Gasteiger partial charge < -0.3 is 10.1 Å². The summed E-state index contributed by atoms with van der Waals surface area (Å²) in [5.74, 6) is -0.0297. The maximum absolute atomic E-state index is 13.3. The van der Waals surface area contributed by atoms with E-state index in [4.69, 9.17) is 21.3 Å². The van der Waals surface area contributed by atoms with Crippen molar-refractivity contribution in [1.29, 1.82) is 0 Å². The number of anilines is 1. The van der Waals surface area contributed by atoms with E-state index in [1.807, 2.05) is 39.8 Å². The van der Waals surface area contributed by atoms with Crippen LogP contribution in [0.1, 0.15) is 45.3 Å². The van der Waals surface area contributed by atoms with Crippen LogP contribution >= 0.6 is 22.9 Å². The van der Waals surface area contributed by atoms with Gasteiger partial charge in [0.15, 0.2) is 11.5 Å². The minimum absolute atomic E-state index is 0.0825. The minimum Gasteiger partial charge on any atom is -0.464 e. The number of carbonyl (C=O) groups excluding carboxylic acids is 1. The van der Waals surface area contributed by atoms with Gasteiger partial charge in [0.25, 0.3) is 5.56 Å². The van der Waals surface area contributed by atoms with Crippen LogP contribution in [-0.4, -0.2) is 32.6 Å². The molecule has 3 aromatic heterocycles. The molecule has 0 bridgehead atoms. The van der Waals surface area contributed by atoms with Crippen molar-refractivity contribution in [3.8, 4) is 10.7 Å². The molecule has 0 amide bonds. The van der Waals surface area contributed by atoms with E-state index in [0.717, 1.165) is 26.7 Å². The van der Waals surface area contributed by atoms with Gasteiger partial charge in [0.05, 0.1) is 45.3 Å². The number of hydrogen-bond acceptors (Lipinski definition) is 8. The smallest absolute Gasteiger partial charge is 0.358 e. The number of methoxy groups -OCH3 is 1. The molecule has 3 heterocycles. The largest absolute Gasteiger partial charge is 0.464 e. The maximum atomic E-state index is 13.3. The Morgan fingerprint density at radius 1 is 1.18 bits per heavy atom. The highest BCUT2D eigenvalue weighted by molar-refractivity contribution is 7.15. The van der Waals surface area contributed by atoms with Crippen molar-refractivity contribution in [2.75, 3.05) is 12.4 Å². The molecule has 0 aliphatic rings. The molecule has 0 saturated carbocycles. The molecule has 1 aromatic carbocycles. The third-order valence-corrected chi connectivity index (χ3v) is 6.82. The van der Waals surface area contributed by atoms with Crippen LogP contribution in [0.5, 0.6) is 0 Å². The van der Waals surface area contributed by atoms with Crippen LogP contribution in [0.15, 0.2) is 29.1 Å². The molecular weight excluding hydrogens is 474 g/mol. The summed E-state index contributed by atoms with van der Waals surface area (Å²) in [5.41, 5.74) is 3.59. The average molecular weight is 498 g/mol. The Balaban J connectivity index is 1.89. The van der Waals surface area contributed by atoms with E-state index in [1.165, 1.54) is 18.4 Å². The van der Waals surface area contributed by atoms with Crippen LogP contribution in [0.4, 0.5) is 5.69 Å². The lowest BCUT2D eigenvalue weighted by Gasteiger charge is -2.20. The van der Waals surface area contributed by atoms with Crippen molar-refractivity contribution in [2.45, 2.75) is 33.7 Å². The fourth-order valence-electron chi connectivity index (χ4n) is 3.94. The molecule has 34 heavy (non-hydrogen) atoms. The third-order valence-electron chi connectivity index (χ3n) is 5.54. The van der Waals surface area contributed by atoms with E-state index in [2.05, 4.69) is 15.3 Å². The SMILES string of the molecule is COC(=O)c1nc(Cl)ccc1NC(C)c1cc(C)cc2c(=O)n(C)c(-c3sc(C)nc3C)nc12. The molecule has 10 heteroatoms. The van der Waals surface area contributed by atoms with Crippen molar-refractivity contribution in [2.24, 2.45) is 7.05 Å².